The fourth-order valence-corrected chi connectivity index (χ4v) is 3.76. The van der Waals surface area contributed by atoms with Crippen LogP contribution in [0, 0.1) is 5.82 Å². The molecule has 4 rings (SSSR count). The maximum absolute atomic E-state index is 14.1. The number of anilines is 1. The van der Waals surface area contributed by atoms with Gasteiger partial charge >= 0.3 is 0 Å². The topological polar surface area (TPSA) is 64.1 Å². The molecule has 0 spiro atoms. The van der Waals surface area contributed by atoms with Gasteiger partial charge in [0.05, 0.1) is 23.6 Å². The zero-order chi connectivity index (χ0) is 20.9. The highest BCUT2D eigenvalue weighted by molar-refractivity contribution is 7.13. The normalized spacial score (nSPS) is 10.6. The van der Waals surface area contributed by atoms with Crippen molar-refractivity contribution in [3.05, 3.63) is 83.6 Å². The first-order chi connectivity index (χ1) is 14.7. The van der Waals surface area contributed by atoms with E-state index in [1.807, 2.05) is 30.5 Å². The Balaban J connectivity index is 1.59. The molecule has 0 saturated carbocycles. The monoisotopic (exact) mass is 419 g/mol. The molecule has 0 aliphatic carbocycles. The van der Waals surface area contributed by atoms with Crippen molar-refractivity contribution in [3.8, 4) is 27.7 Å². The van der Waals surface area contributed by atoms with Gasteiger partial charge in [-0.3, -0.25) is 4.79 Å². The molecular weight excluding hydrogens is 401 g/mol. The lowest BCUT2D eigenvalue weighted by Crippen LogP contribution is -2.13. The second-order valence-corrected chi connectivity index (χ2v) is 7.19. The smallest absolute Gasteiger partial charge is 0.257 e. The number of carbonyl (C=O) groups excluding carboxylic acids is 1. The maximum Gasteiger partial charge on any atom is 0.257 e. The molecule has 0 saturated heterocycles. The molecule has 4 aromatic rings. The zero-order valence-electron chi connectivity index (χ0n) is 16.1. The van der Waals surface area contributed by atoms with E-state index in [0.717, 1.165) is 5.56 Å². The number of halogens is 1. The lowest BCUT2D eigenvalue weighted by molar-refractivity contribution is 0.102. The standard InChI is InChI=1S/C23H18FN3O2S/c1-2-29-21-12-11-15(13-25-21)22(28)26-19-10-6-4-8-17(19)20-14-30-23(27-20)16-7-3-5-9-18(16)24/h3-14H,2H2,1H3,(H,26,28). The van der Waals surface area contributed by atoms with Gasteiger partial charge in [-0.15, -0.1) is 11.3 Å². The first kappa shape index (κ1) is 19.7. The number of hydrogen-bond acceptors (Lipinski definition) is 5. The lowest BCUT2D eigenvalue weighted by Gasteiger charge is -2.10. The van der Waals surface area contributed by atoms with Crippen LogP contribution in [0.15, 0.2) is 72.2 Å². The van der Waals surface area contributed by atoms with Crippen LogP contribution in [-0.4, -0.2) is 22.5 Å². The molecule has 2 aromatic heterocycles. The van der Waals surface area contributed by atoms with Crippen molar-refractivity contribution in [1.29, 1.82) is 0 Å². The van der Waals surface area contributed by atoms with Crippen LogP contribution in [0.5, 0.6) is 5.88 Å². The molecular formula is C23H18FN3O2S. The Kier molecular flexibility index (Phi) is 5.81. The van der Waals surface area contributed by atoms with E-state index >= 15 is 0 Å². The predicted molar refractivity (Wildman–Crippen MR) is 116 cm³/mol. The first-order valence-corrected chi connectivity index (χ1v) is 10.2. The lowest BCUT2D eigenvalue weighted by atomic mass is 10.1. The molecule has 7 heteroatoms. The van der Waals surface area contributed by atoms with Gasteiger partial charge in [0.1, 0.15) is 10.8 Å². The molecule has 0 aliphatic rings. The zero-order valence-corrected chi connectivity index (χ0v) is 16.9. The van der Waals surface area contributed by atoms with Crippen molar-refractivity contribution in [3.63, 3.8) is 0 Å². The van der Waals surface area contributed by atoms with Gasteiger partial charge < -0.3 is 10.1 Å². The Labute approximate surface area is 177 Å². The van der Waals surface area contributed by atoms with Crippen LogP contribution in [-0.2, 0) is 0 Å². The van der Waals surface area contributed by atoms with Crippen LogP contribution >= 0.6 is 11.3 Å². The Morgan fingerprint density at radius 1 is 1.07 bits per heavy atom. The van der Waals surface area contributed by atoms with E-state index in [1.54, 1.807) is 36.4 Å². The van der Waals surface area contributed by atoms with Crippen molar-refractivity contribution >= 4 is 22.9 Å². The Bertz CT molecular complexity index is 1180. The summed E-state index contributed by atoms with van der Waals surface area (Å²) in [5.41, 5.74) is 2.90. The first-order valence-electron chi connectivity index (χ1n) is 9.35. The summed E-state index contributed by atoms with van der Waals surface area (Å²) >= 11 is 1.35. The third-order valence-electron chi connectivity index (χ3n) is 4.35. The largest absolute Gasteiger partial charge is 0.478 e. The summed E-state index contributed by atoms with van der Waals surface area (Å²) in [6.07, 6.45) is 1.47. The summed E-state index contributed by atoms with van der Waals surface area (Å²) < 4.78 is 19.4. The summed E-state index contributed by atoms with van der Waals surface area (Å²) in [6.45, 7) is 2.38. The highest BCUT2D eigenvalue weighted by Gasteiger charge is 2.15. The van der Waals surface area contributed by atoms with Crippen molar-refractivity contribution in [1.82, 2.24) is 9.97 Å². The number of carbonyl (C=O) groups is 1. The van der Waals surface area contributed by atoms with E-state index in [4.69, 9.17) is 4.74 Å². The van der Waals surface area contributed by atoms with Crippen molar-refractivity contribution in [2.24, 2.45) is 0 Å². The molecule has 2 heterocycles. The fourth-order valence-electron chi connectivity index (χ4n) is 2.91. The van der Waals surface area contributed by atoms with E-state index in [2.05, 4.69) is 15.3 Å². The van der Waals surface area contributed by atoms with Gasteiger partial charge in [0, 0.05) is 28.8 Å². The van der Waals surface area contributed by atoms with E-state index in [9.17, 15) is 9.18 Å². The third-order valence-corrected chi connectivity index (χ3v) is 5.23. The highest BCUT2D eigenvalue weighted by atomic mass is 32.1. The quantitative estimate of drug-likeness (QED) is 0.438. The van der Waals surface area contributed by atoms with Gasteiger partial charge in [0.25, 0.3) is 5.91 Å². The summed E-state index contributed by atoms with van der Waals surface area (Å²) in [6, 6.07) is 17.2. The van der Waals surface area contributed by atoms with E-state index in [0.29, 0.717) is 40.0 Å². The molecule has 2 aromatic carbocycles. The Morgan fingerprint density at radius 3 is 2.57 bits per heavy atom. The molecule has 30 heavy (non-hydrogen) atoms. The number of nitrogens with zero attached hydrogens (tertiary/aromatic N) is 2. The molecule has 150 valence electrons. The molecule has 1 N–H and O–H groups in total. The Hall–Kier alpha value is -3.58. The molecule has 0 bridgehead atoms. The molecule has 0 aliphatic heterocycles. The maximum atomic E-state index is 14.1. The minimum atomic E-state index is -0.317. The molecule has 0 atom stereocenters. The van der Waals surface area contributed by atoms with E-state index in [-0.39, 0.29) is 11.7 Å². The average Bonchev–Trinajstić information content (AvgIpc) is 3.25. The van der Waals surface area contributed by atoms with Crippen molar-refractivity contribution < 1.29 is 13.9 Å². The number of para-hydroxylation sites is 1. The number of benzene rings is 2. The van der Waals surface area contributed by atoms with E-state index < -0.39 is 0 Å². The fraction of sp³-hybridized carbons (Fsp3) is 0.0870. The molecule has 1 amide bonds. The predicted octanol–water partition coefficient (Wildman–Crippen LogP) is 5.66. The van der Waals surface area contributed by atoms with Crippen LogP contribution in [0.1, 0.15) is 17.3 Å². The van der Waals surface area contributed by atoms with Crippen LogP contribution in [0.2, 0.25) is 0 Å². The second kappa shape index (κ2) is 8.84. The number of hydrogen-bond donors (Lipinski definition) is 1. The second-order valence-electron chi connectivity index (χ2n) is 6.34. The van der Waals surface area contributed by atoms with Gasteiger partial charge in [0.2, 0.25) is 5.88 Å². The van der Waals surface area contributed by atoms with Gasteiger partial charge in [-0.1, -0.05) is 30.3 Å². The van der Waals surface area contributed by atoms with Gasteiger partial charge in [-0.2, -0.15) is 0 Å². The highest BCUT2D eigenvalue weighted by Crippen LogP contribution is 2.33. The van der Waals surface area contributed by atoms with Gasteiger partial charge in [0.15, 0.2) is 0 Å². The van der Waals surface area contributed by atoms with Gasteiger partial charge in [-0.25, -0.2) is 14.4 Å². The molecule has 0 unspecified atom stereocenters. The molecule has 0 radical (unpaired) electrons. The minimum Gasteiger partial charge on any atom is -0.478 e. The average molecular weight is 419 g/mol. The summed E-state index contributed by atoms with van der Waals surface area (Å²) in [7, 11) is 0. The summed E-state index contributed by atoms with van der Waals surface area (Å²) in [4.78, 5) is 21.4. The van der Waals surface area contributed by atoms with Crippen molar-refractivity contribution in [2.45, 2.75) is 6.92 Å². The minimum absolute atomic E-state index is 0.289. The van der Waals surface area contributed by atoms with Crippen LogP contribution < -0.4 is 10.1 Å². The third kappa shape index (κ3) is 4.21. The SMILES string of the molecule is CCOc1ccc(C(=O)Nc2ccccc2-c2csc(-c3ccccc3F)n2)cn1. The number of aromatic nitrogens is 2. The number of amides is 1. The number of nitrogens with one attached hydrogen (secondary N) is 1. The molecule has 5 nitrogen and oxygen atoms in total. The number of ether oxygens (including phenoxy) is 1. The number of rotatable bonds is 6. The van der Waals surface area contributed by atoms with E-state index in [1.165, 1.54) is 23.6 Å². The summed E-state index contributed by atoms with van der Waals surface area (Å²) in [5.74, 6) is -0.136. The summed E-state index contributed by atoms with van der Waals surface area (Å²) in [5, 5.41) is 5.34. The van der Waals surface area contributed by atoms with Crippen LogP contribution in [0.4, 0.5) is 10.1 Å². The van der Waals surface area contributed by atoms with Gasteiger partial charge in [-0.05, 0) is 31.2 Å². The number of thiazole rings is 1. The van der Waals surface area contributed by atoms with Crippen molar-refractivity contribution in [2.75, 3.05) is 11.9 Å². The Morgan fingerprint density at radius 2 is 1.83 bits per heavy atom. The molecule has 0 fully saturated rings. The number of pyridine rings is 1. The van der Waals surface area contributed by atoms with Crippen LogP contribution in [0.3, 0.4) is 0 Å². The van der Waals surface area contributed by atoms with Crippen LogP contribution in [0.25, 0.3) is 21.8 Å².